The van der Waals surface area contributed by atoms with Gasteiger partial charge in [0.1, 0.15) is 0 Å². The lowest BCUT2D eigenvalue weighted by Crippen LogP contribution is -2.49. The van der Waals surface area contributed by atoms with E-state index in [9.17, 15) is 0 Å². The van der Waals surface area contributed by atoms with Gasteiger partial charge in [0, 0.05) is 6.04 Å². The van der Waals surface area contributed by atoms with Gasteiger partial charge in [-0.3, -0.25) is 4.99 Å². The quantitative estimate of drug-likeness (QED) is 0.372. The largest absolute Gasteiger partial charge is 0.294 e. The smallest absolute Gasteiger partial charge is 0.0809 e. The Bertz CT molecular complexity index is 578. The van der Waals surface area contributed by atoms with Crippen LogP contribution in [-0.2, 0) is 0 Å². The van der Waals surface area contributed by atoms with E-state index in [-0.39, 0.29) is 0 Å². The molecule has 0 aliphatic heterocycles. The van der Waals surface area contributed by atoms with Crippen molar-refractivity contribution in [3.8, 4) is 0 Å². The van der Waals surface area contributed by atoms with Crippen molar-refractivity contribution in [1.82, 2.24) is 0 Å². The highest BCUT2D eigenvalue weighted by Gasteiger charge is 2.44. The molecule has 1 unspecified atom stereocenters. The maximum Gasteiger partial charge on any atom is 0.0809 e. The minimum Gasteiger partial charge on any atom is -0.294 e. The molecule has 2 rings (SSSR count). The standard InChI is InChI=1S/C23H41NSi2/c1-23(2,3)26(6,7)22(18-24-20-14-10-8-11-15-20)19-25(4,5)21-16-12-9-13-17-21/h9,12-13,16-18,20,22H,8,10-11,14-15,19H2,1-7H3. The van der Waals surface area contributed by atoms with E-state index in [1.165, 1.54) is 38.1 Å². The van der Waals surface area contributed by atoms with Crippen LogP contribution >= 0.6 is 0 Å². The summed E-state index contributed by atoms with van der Waals surface area (Å²) in [6.07, 6.45) is 9.21. The van der Waals surface area contributed by atoms with Crippen molar-refractivity contribution in [2.75, 3.05) is 0 Å². The van der Waals surface area contributed by atoms with Crippen LogP contribution in [0.1, 0.15) is 52.9 Å². The van der Waals surface area contributed by atoms with Crippen LogP contribution in [0.25, 0.3) is 0 Å². The van der Waals surface area contributed by atoms with Crippen molar-refractivity contribution >= 4 is 27.5 Å². The lowest BCUT2D eigenvalue weighted by Gasteiger charge is -2.44. The molecular weight excluding hydrogens is 346 g/mol. The van der Waals surface area contributed by atoms with Crippen molar-refractivity contribution in [3.63, 3.8) is 0 Å². The van der Waals surface area contributed by atoms with Crippen LogP contribution in [-0.4, -0.2) is 28.4 Å². The molecule has 0 heterocycles. The molecule has 1 nitrogen and oxygen atoms in total. The topological polar surface area (TPSA) is 12.4 Å². The van der Waals surface area contributed by atoms with E-state index in [2.05, 4.69) is 83.5 Å². The van der Waals surface area contributed by atoms with Gasteiger partial charge in [-0.25, -0.2) is 0 Å². The zero-order valence-corrected chi connectivity index (χ0v) is 20.3. The third-order valence-corrected chi connectivity index (χ3v) is 17.0. The monoisotopic (exact) mass is 387 g/mol. The van der Waals surface area contributed by atoms with Gasteiger partial charge in [-0.1, -0.05) is 102 Å². The Morgan fingerprint density at radius 1 is 1.00 bits per heavy atom. The average Bonchev–Trinajstić information content (AvgIpc) is 2.59. The van der Waals surface area contributed by atoms with Crippen molar-refractivity contribution in [3.05, 3.63) is 30.3 Å². The van der Waals surface area contributed by atoms with E-state index in [0.29, 0.717) is 16.6 Å². The molecule has 1 aromatic rings. The fraction of sp³-hybridized carbons (Fsp3) is 0.696. The molecule has 146 valence electrons. The van der Waals surface area contributed by atoms with Gasteiger partial charge in [-0.05, 0) is 35.7 Å². The van der Waals surface area contributed by atoms with Gasteiger partial charge in [0.15, 0.2) is 0 Å². The first-order valence-corrected chi connectivity index (χ1v) is 16.9. The van der Waals surface area contributed by atoms with Crippen LogP contribution in [0.15, 0.2) is 35.3 Å². The summed E-state index contributed by atoms with van der Waals surface area (Å²) in [5, 5.41) is 1.99. The first-order chi connectivity index (χ1) is 12.0. The molecule has 0 aromatic heterocycles. The SMILES string of the molecule is CC(C)(C)[Si](C)(C)C(C=NC1CCCCC1)C[Si](C)(C)c1ccccc1. The molecule has 0 spiro atoms. The maximum atomic E-state index is 5.17. The fourth-order valence-electron chi connectivity index (χ4n) is 4.06. The molecule has 0 saturated heterocycles. The van der Waals surface area contributed by atoms with Gasteiger partial charge in [0.05, 0.1) is 16.1 Å². The molecule has 1 saturated carbocycles. The predicted octanol–water partition coefficient (Wildman–Crippen LogP) is 6.88. The van der Waals surface area contributed by atoms with E-state index in [4.69, 9.17) is 4.99 Å². The number of hydrogen-bond acceptors (Lipinski definition) is 1. The molecule has 1 aliphatic carbocycles. The number of hydrogen-bond donors (Lipinski definition) is 0. The summed E-state index contributed by atoms with van der Waals surface area (Å²) in [4.78, 5) is 5.17. The maximum absolute atomic E-state index is 5.17. The number of benzene rings is 1. The Morgan fingerprint density at radius 2 is 1.58 bits per heavy atom. The van der Waals surface area contributed by atoms with Crippen molar-refractivity contribution in [2.45, 2.75) is 102 Å². The molecule has 1 fully saturated rings. The highest BCUT2D eigenvalue weighted by Crippen LogP contribution is 2.46. The van der Waals surface area contributed by atoms with Gasteiger partial charge in [-0.15, -0.1) is 0 Å². The molecule has 0 amide bonds. The Kier molecular flexibility index (Phi) is 7.12. The van der Waals surface area contributed by atoms with Gasteiger partial charge in [0.2, 0.25) is 0 Å². The first-order valence-electron chi connectivity index (χ1n) is 10.6. The van der Waals surface area contributed by atoms with E-state index in [1.807, 2.05) is 0 Å². The second kappa shape index (κ2) is 8.56. The molecule has 1 aliphatic rings. The molecular formula is C23H41NSi2. The van der Waals surface area contributed by atoms with E-state index >= 15 is 0 Å². The van der Waals surface area contributed by atoms with Crippen molar-refractivity contribution in [1.29, 1.82) is 0 Å². The van der Waals surface area contributed by atoms with Gasteiger partial charge >= 0.3 is 0 Å². The van der Waals surface area contributed by atoms with Crippen LogP contribution in [0.5, 0.6) is 0 Å². The second-order valence-corrected chi connectivity index (χ2v) is 21.1. The summed E-state index contributed by atoms with van der Waals surface area (Å²) in [5.41, 5.74) is 0.672. The zero-order valence-electron chi connectivity index (χ0n) is 18.3. The normalized spacial score (nSPS) is 19.0. The summed E-state index contributed by atoms with van der Waals surface area (Å²) in [6.45, 7) is 17.7. The molecule has 1 aromatic carbocycles. The van der Waals surface area contributed by atoms with Gasteiger partial charge < -0.3 is 0 Å². The highest BCUT2D eigenvalue weighted by molar-refractivity contribution is 6.93. The first kappa shape index (κ1) is 21.6. The van der Waals surface area contributed by atoms with E-state index in [0.717, 1.165) is 0 Å². The van der Waals surface area contributed by atoms with E-state index < -0.39 is 16.1 Å². The van der Waals surface area contributed by atoms with Crippen molar-refractivity contribution in [2.24, 2.45) is 4.99 Å². The number of rotatable bonds is 6. The third kappa shape index (κ3) is 5.42. The highest BCUT2D eigenvalue weighted by atomic mass is 28.3. The minimum atomic E-state index is -1.48. The fourth-order valence-corrected chi connectivity index (χ4v) is 11.7. The van der Waals surface area contributed by atoms with E-state index in [1.54, 1.807) is 5.19 Å². The Hall–Kier alpha value is -0.676. The van der Waals surface area contributed by atoms with Crippen LogP contribution < -0.4 is 5.19 Å². The van der Waals surface area contributed by atoms with Crippen molar-refractivity contribution < 1.29 is 0 Å². The van der Waals surface area contributed by atoms with Gasteiger partial charge in [0.25, 0.3) is 0 Å². The lowest BCUT2D eigenvalue weighted by molar-refractivity contribution is 0.444. The van der Waals surface area contributed by atoms with Crippen LogP contribution in [0.4, 0.5) is 0 Å². The number of aliphatic imine (C=N–C) groups is 1. The number of nitrogens with zero attached hydrogens (tertiary/aromatic N) is 1. The summed E-state index contributed by atoms with van der Waals surface area (Å²) >= 11 is 0. The average molecular weight is 388 g/mol. The third-order valence-electron chi connectivity index (χ3n) is 7.20. The molecule has 3 heteroatoms. The Labute approximate surface area is 164 Å². The summed E-state index contributed by atoms with van der Waals surface area (Å²) in [7, 11) is -2.95. The summed E-state index contributed by atoms with van der Waals surface area (Å²) in [6, 6.07) is 13.2. The van der Waals surface area contributed by atoms with Crippen LogP contribution in [0, 0.1) is 0 Å². The summed E-state index contributed by atoms with van der Waals surface area (Å²) < 4.78 is 0. The zero-order chi connectivity index (χ0) is 19.4. The van der Waals surface area contributed by atoms with Gasteiger partial charge in [-0.2, -0.15) is 0 Å². The molecule has 0 radical (unpaired) electrons. The molecule has 0 bridgehead atoms. The molecule has 1 atom stereocenters. The summed E-state index contributed by atoms with van der Waals surface area (Å²) in [5.74, 6) is 0. The second-order valence-electron chi connectivity index (χ2n) is 10.6. The minimum absolute atomic E-state index is 0.400. The predicted molar refractivity (Wildman–Crippen MR) is 125 cm³/mol. The van der Waals surface area contributed by atoms with Crippen LogP contribution in [0.2, 0.25) is 42.8 Å². The Morgan fingerprint density at radius 3 is 2.12 bits per heavy atom. The van der Waals surface area contributed by atoms with Crippen LogP contribution in [0.3, 0.4) is 0 Å². The Balaban J connectivity index is 2.26. The molecule has 26 heavy (non-hydrogen) atoms. The molecule has 0 N–H and O–H groups in total. The lowest BCUT2D eigenvalue weighted by atomic mass is 9.96.